The fraction of sp³-hybridized carbons (Fsp3) is 0.267. The number of nitriles is 1. The molecule has 0 radical (unpaired) electrons. The van der Waals surface area contributed by atoms with Crippen molar-refractivity contribution in [3.05, 3.63) is 40.3 Å². The van der Waals surface area contributed by atoms with Crippen LogP contribution in [-0.2, 0) is 13.0 Å². The zero-order valence-electron chi connectivity index (χ0n) is 11.6. The molecular formula is C15H17N3S2. The minimum Gasteiger partial charge on any atom is -0.396 e. The number of aryl methyl sites for hydroxylation is 1. The fourth-order valence-electron chi connectivity index (χ4n) is 1.91. The molecule has 2 aromatic rings. The lowest BCUT2D eigenvalue weighted by molar-refractivity contribution is 1.11. The van der Waals surface area contributed by atoms with Crippen molar-refractivity contribution in [2.45, 2.75) is 24.8 Å². The second kappa shape index (κ2) is 6.69. The first-order valence-corrected chi connectivity index (χ1v) is 8.41. The number of benzene rings is 1. The molecule has 0 saturated carbocycles. The molecule has 2 rings (SSSR count). The number of hydrogen-bond acceptors (Lipinski definition) is 5. The standard InChI is InChI=1S/C15H17N3S2/c1-3-10-4-6-11(7-5-10)9-18-15-14(19-2)13(17)12(8-16)20-15/h4-7,18H,3,9,17H2,1-2H3. The van der Waals surface area contributed by atoms with Gasteiger partial charge in [0.05, 0.1) is 10.6 Å². The number of nitrogens with zero attached hydrogens (tertiary/aromatic N) is 1. The Labute approximate surface area is 127 Å². The Kier molecular flexibility index (Phi) is 4.94. The van der Waals surface area contributed by atoms with Crippen molar-refractivity contribution in [3.8, 4) is 6.07 Å². The molecule has 0 aliphatic carbocycles. The first-order valence-electron chi connectivity index (χ1n) is 6.37. The molecule has 1 aromatic carbocycles. The summed E-state index contributed by atoms with van der Waals surface area (Å²) >= 11 is 2.99. The van der Waals surface area contributed by atoms with Gasteiger partial charge in [-0.2, -0.15) is 5.26 Å². The lowest BCUT2D eigenvalue weighted by Gasteiger charge is -2.07. The molecule has 0 bridgehead atoms. The smallest absolute Gasteiger partial charge is 0.131 e. The van der Waals surface area contributed by atoms with Crippen LogP contribution < -0.4 is 11.1 Å². The van der Waals surface area contributed by atoms with Crippen molar-refractivity contribution in [1.29, 1.82) is 5.26 Å². The zero-order valence-corrected chi connectivity index (χ0v) is 13.2. The van der Waals surface area contributed by atoms with E-state index in [0.29, 0.717) is 10.6 Å². The minimum atomic E-state index is 0.582. The van der Waals surface area contributed by atoms with Gasteiger partial charge in [-0.3, -0.25) is 0 Å². The van der Waals surface area contributed by atoms with Gasteiger partial charge in [-0.15, -0.1) is 23.1 Å². The molecule has 0 fully saturated rings. The molecule has 0 aliphatic rings. The quantitative estimate of drug-likeness (QED) is 0.816. The summed E-state index contributed by atoms with van der Waals surface area (Å²) in [5.74, 6) is 0. The van der Waals surface area contributed by atoms with Gasteiger partial charge in [0.2, 0.25) is 0 Å². The van der Waals surface area contributed by atoms with Crippen molar-refractivity contribution in [2.24, 2.45) is 0 Å². The molecule has 0 saturated heterocycles. The number of rotatable bonds is 5. The number of thioether (sulfide) groups is 1. The Bertz CT molecular complexity index is 624. The lowest BCUT2D eigenvalue weighted by Crippen LogP contribution is -1.99. The van der Waals surface area contributed by atoms with Crippen molar-refractivity contribution in [2.75, 3.05) is 17.3 Å². The summed E-state index contributed by atoms with van der Waals surface area (Å²) in [5, 5.41) is 13.4. The second-order valence-electron chi connectivity index (χ2n) is 4.34. The molecular weight excluding hydrogens is 286 g/mol. The first kappa shape index (κ1) is 14.8. The van der Waals surface area contributed by atoms with Gasteiger partial charge in [-0.05, 0) is 23.8 Å². The van der Waals surface area contributed by atoms with Gasteiger partial charge in [-0.1, -0.05) is 31.2 Å². The predicted octanol–water partition coefficient (Wildman–Crippen LogP) is 4.10. The Morgan fingerprint density at radius 1 is 1.30 bits per heavy atom. The van der Waals surface area contributed by atoms with Crippen LogP contribution in [0.25, 0.3) is 0 Å². The van der Waals surface area contributed by atoms with Crippen LogP contribution in [0.2, 0.25) is 0 Å². The van der Waals surface area contributed by atoms with E-state index < -0.39 is 0 Å². The molecule has 0 unspecified atom stereocenters. The van der Waals surface area contributed by atoms with Gasteiger partial charge in [0, 0.05) is 6.54 Å². The van der Waals surface area contributed by atoms with Crippen LogP contribution in [0.4, 0.5) is 10.7 Å². The predicted molar refractivity (Wildman–Crippen MR) is 88.4 cm³/mol. The third-order valence-corrected chi connectivity index (χ3v) is 5.12. The monoisotopic (exact) mass is 303 g/mol. The maximum Gasteiger partial charge on any atom is 0.131 e. The summed E-state index contributed by atoms with van der Waals surface area (Å²) in [7, 11) is 0. The zero-order chi connectivity index (χ0) is 14.5. The fourth-order valence-corrected chi connectivity index (χ4v) is 3.73. The van der Waals surface area contributed by atoms with E-state index in [0.717, 1.165) is 22.9 Å². The first-order chi connectivity index (χ1) is 9.69. The number of nitrogen functional groups attached to an aromatic ring is 1. The Balaban J connectivity index is 2.12. The molecule has 0 amide bonds. The van der Waals surface area contributed by atoms with E-state index >= 15 is 0 Å². The van der Waals surface area contributed by atoms with Crippen LogP contribution in [0, 0.1) is 11.3 Å². The summed E-state index contributed by atoms with van der Waals surface area (Å²) in [6.07, 6.45) is 3.03. The number of anilines is 2. The van der Waals surface area contributed by atoms with E-state index in [9.17, 15) is 0 Å². The molecule has 1 aromatic heterocycles. The molecule has 0 atom stereocenters. The largest absolute Gasteiger partial charge is 0.396 e. The Morgan fingerprint density at radius 2 is 1.95 bits per heavy atom. The van der Waals surface area contributed by atoms with E-state index in [1.807, 2.05) is 6.26 Å². The molecule has 1 heterocycles. The van der Waals surface area contributed by atoms with E-state index in [4.69, 9.17) is 11.0 Å². The van der Waals surface area contributed by atoms with Gasteiger partial charge in [-0.25, -0.2) is 0 Å². The van der Waals surface area contributed by atoms with Crippen molar-refractivity contribution in [3.63, 3.8) is 0 Å². The summed E-state index contributed by atoms with van der Waals surface area (Å²) in [4.78, 5) is 1.55. The highest BCUT2D eigenvalue weighted by atomic mass is 32.2. The number of nitrogens with one attached hydrogen (secondary N) is 1. The van der Waals surface area contributed by atoms with Gasteiger partial charge in [0.25, 0.3) is 0 Å². The topological polar surface area (TPSA) is 61.8 Å². The van der Waals surface area contributed by atoms with Crippen LogP contribution in [0.3, 0.4) is 0 Å². The van der Waals surface area contributed by atoms with E-state index in [2.05, 4.69) is 42.6 Å². The van der Waals surface area contributed by atoms with Crippen LogP contribution in [0.1, 0.15) is 22.9 Å². The third-order valence-electron chi connectivity index (χ3n) is 3.09. The normalized spacial score (nSPS) is 10.2. The molecule has 3 N–H and O–H groups in total. The lowest BCUT2D eigenvalue weighted by atomic mass is 10.1. The van der Waals surface area contributed by atoms with Gasteiger partial charge >= 0.3 is 0 Å². The number of hydrogen-bond donors (Lipinski definition) is 2. The molecule has 5 heteroatoms. The Hall–Kier alpha value is -1.64. The van der Waals surface area contributed by atoms with Crippen LogP contribution in [0.5, 0.6) is 0 Å². The highest BCUT2D eigenvalue weighted by molar-refractivity contribution is 7.99. The summed E-state index contributed by atoms with van der Waals surface area (Å²) in [6.45, 7) is 2.89. The van der Waals surface area contributed by atoms with Crippen LogP contribution >= 0.6 is 23.1 Å². The summed E-state index contributed by atoms with van der Waals surface area (Å²) in [5.41, 5.74) is 9.11. The molecule has 0 spiro atoms. The Morgan fingerprint density at radius 3 is 2.50 bits per heavy atom. The highest BCUT2D eigenvalue weighted by Gasteiger charge is 2.14. The maximum absolute atomic E-state index is 9.04. The summed E-state index contributed by atoms with van der Waals surface area (Å²) < 4.78 is 0. The molecule has 3 nitrogen and oxygen atoms in total. The van der Waals surface area contributed by atoms with Gasteiger partial charge in [0.1, 0.15) is 15.9 Å². The second-order valence-corrected chi connectivity index (χ2v) is 6.18. The molecule has 0 aliphatic heterocycles. The van der Waals surface area contributed by atoms with Crippen LogP contribution in [-0.4, -0.2) is 6.26 Å². The van der Waals surface area contributed by atoms with Crippen molar-refractivity contribution in [1.82, 2.24) is 0 Å². The SMILES string of the molecule is CCc1ccc(CNc2sc(C#N)c(N)c2SC)cc1. The average Bonchev–Trinajstić information content (AvgIpc) is 2.81. The highest BCUT2D eigenvalue weighted by Crippen LogP contribution is 2.41. The minimum absolute atomic E-state index is 0.582. The molecule has 20 heavy (non-hydrogen) atoms. The summed E-state index contributed by atoms with van der Waals surface area (Å²) in [6, 6.07) is 10.7. The average molecular weight is 303 g/mol. The van der Waals surface area contributed by atoms with Crippen LogP contribution in [0.15, 0.2) is 29.2 Å². The van der Waals surface area contributed by atoms with E-state index in [1.54, 1.807) is 11.8 Å². The van der Waals surface area contributed by atoms with Gasteiger partial charge in [0.15, 0.2) is 0 Å². The number of nitrogens with two attached hydrogens (primary N) is 1. The van der Waals surface area contributed by atoms with Gasteiger partial charge < -0.3 is 11.1 Å². The molecule has 104 valence electrons. The number of thiophene rings is 1. The van der Waals surface area contributed by atoms with Crippen molar-refractivity contribution < 1.29 is 0 Å². The van der Waals surface area contributed by atoms with Crippen molar-refractivity contribution >= 4 is 33.8 Å². The third kappa shape index (κ3) is 3.09. The maximum atomic E-state index is 9.04. The van der Waals surface area contributed by atoms with E-state index in [1.165, 1.54) is 22.5 Å². The van der Waals surface area contributed by atoms with E-state index in [-0.39, 0.29) is 0 Å².